The maximum atomic E-state index is 12.8. The third kappa shape index (κ3) is 1.25. The molecule has 0 fully saturated rings. The van der Waals surface area contributed by atoms with Gasteiger partial charge in [0.1, 0.15) is 5.69 Å². The van der Waals surface area contributed by atoms with Crippen molar-refractivity contribution in [3.05, 3.63) is 35.5 Å². The van der Waals surface area contributed by atoms with Crippen molar-refractivity contribution in [2.75, 3.05) is 0 Å². The summed E-state index contributed by atoms with van der Waals surface area (Å²) in [6, 6.07) is 6.74. The predicted octanol–water partition coefficient (Wildman–Crippen LogP) is 3.61. The molecule has 1 aromatic carbocycles. The Hall–Kier alpha value is -1.45. The average molecular weight is 225 g/mol. The molecule has 84 valence electrons. The summed E-state index contributed by atoms with van der Waals surface area (Å²) in [4.78, 5) is 0. The summed E-state index contributed by atoms with van der Waals surface area (Å²) < 4.78 is 39.8. The highest BCUT2D eigenvalue weighted by Crippen LogP contribution is 2.37. The lowest BCUT2D eigenvalue weighted by Gasteiger charge is -2.18. The van der Waals surface area contributed by atoms with E-state index in [1.165, 1.54) is 10.6 Å². The molecule has 0 aliphatic carbocycles. The molecule has 0 radical (unpaired) electrons. The number of hydrogen-bond donors (Lipinski definition) is 0. The molecule has 1 nitrogen and oxygen atoms in total. The van der Waals surface area contributed by atoms with Crippen molar-refractivity contribution in [3.63, 3.8) is 0 Å². The van der Waals surface area contributed by atoms with E-state index >= 15 is 0 Å². The summed E-state index contributed by atoms with van der Waals surface area (Å²) >= 11 is 0. The van der Waals surface area contributed by atoms with Crippen molar-refractivity contribution >= 4 is 10.9 Å². The van der Waals surface area contributed by atoms with E-state index in [-0.39, 0.29) is 0 Å². The van der Waals surface area contributed by atoms with Crippen LogP contribution >= 0.6 is 0 Å². The van der Waals surface area contributed by atoms with Gasteiger partial charge < -0.3 is 4.57 Å². The van der Waals surface area contributed by atoms with Crippen LogP contribution in [0.15, 0.2) is 24.3 Å². The Bertz CT molecular complexity index is 551. The zero-order valence-electron chi connectivity index (χ0n) is 8.51. The number of benzene rings is 1. The Morgan fingerprint density at radius 2 is 2.00 bits per heavy atom. The van der Waals surface area contributed by atoms with Gasteiger partial charge in [-0.1, -0.05) is 18.2 Å². The maximum Gasteiger partial charge on any atom is 0.431 e. The Morgan fingerprint density at radius 3 is 2.75 bits per heavy atom. The maximum absolute atomic E-state index is 12.8. The molecule has 0 unspecified atom stereocenters. The second kappa shape index (κ2) is 3.03. The number of rotatable bonds is 0. The van der Waals surface area contributed by atoms with Gasteiger partial charge in [0, 0.05) is 11.9 Å². The Kier molecular flexibility index (Phi) is 1.85. The zero-order chi connectivity index (χ0) is 11.3. The molecule has 0 N–H and O–H groups in total. The van der Waals surface area contributed by atoms with E-state index in [1.807, 2.05) is 12.1 Å². The number of hydrogen-bond acceptors (Lipinski definition) is 0. The van der Waals surface area contributed by atoms with Crippen LogP contribution in [0.25, 0.3) is 10.9 Å². The quantitative estimate of drug-likeness (QED) is 0.645. The fourth-order valence-corrected chi connectivity index (χ4v) is 2.50. The Labute approximate surface area is 90.5 Å². The van der Waals surface area contributed by atoms with E-state index in [9.17, 15) is 13.2 Å². The van der Waals surface area contributed by atoms with E-state index in [0.29, 0.717) is 11.9 Å². The standard InChI is InChI=1S/C12H10F3N/c13-12(14,15)10-7-9-4-1-3-8-5-2-6-16(10)11(8)9/h1,3-4,7H,2,5-6H2. The van der Waals surface area contributed by atoms with Gasteiger partial charge in [-0.2, -0.15) is 13.2 Å². The second-order valence-corrected chi connectivity index (χ2v) is 4.14. The summed E-state index contributed by atoms with van der Waals surface area (Å²) in [5, 5.41) is 0.699. The van der Waals surface area contributed by atoms with Crippen molar-refractivity contribution in [2.24, 2.45) is 0 Å². The van der Waals surface area contributed by atoms with Gasteiger partial charge in [-0.3, -0.25) is 0 Å². The highest BCUT2D eigenvalue weighted by atomic mass is 19.4. The lowest BCUT2D eigenvalue weighted by atomic mass is 10.0. The molecule has 1 aliphatic rings. The molecule has 0 amide bonds. The van der Waals surface area contributed by atoms with E-state index in [4.69, 9.17) is 0 Å². The van der Waals surface area contributed by atoms with Gasteiger partial charge >= 0.3 is 6.18 Å². The van der Waals surface area contributed by atoms with Crippen LogP contribution in [0.3, 0.4) is 0 Å². The first-order valence-corrected chi connectivity index (χ1v) is 5.26. The van der Waals surface area contributed by atoms with Gasteiger partial charge in [0.2, 0.25) is 0 Å². The molecule has 1 aromatic heterocycles. The Morgan fingerprint density at radius 1 is 1.19 bits per heavy atom. The van der Waals surface area contributed by atoms with Crippen molar-refractivity contribution < 1.29 is 13.2 Å². The van der Waals surface area contributed by atoms with Crippen LogP contribution in [-0.4, -0.2) is 4.57 Å². The molecule has 0 spiro atoms. The summed E-state index contributed by atoms with van der Waals surface area (Å²) in [6.07, 6.45) is -2.60. The molecule has 0 atom stereocenters. The van der Waals surface area contributed by atoms with E-state index in [2.05, 4.69) is 0 Å². The third-order valence-electron chi connectivity index (χ3n) is 3.12. The minimum absolute atomic E-state index is 0.468. The molecule has 1 aliphatic heterocycles. The molecular weight excluding hydrogens is 215 g/mol. The van der Waals surface area contributed by atoms with E-state index in [1.54, 1.807) is 6.07 Å². The fraction of sp³-hybridized carbons (Fsp3) is 0.333. The van der Waals surface area contributed by atoms with Crippen molar-refractivity contribution in [3.8, 4) is 0 Å². The van der Waals surface area contributed by atoms with E-state index < -0.39 is 11.9 Å². The molecule has 0 bridgehead atoms. The molecule has 16 heavy (non-hydrogen) atoms. The molecule has 3 rings (SSSR count). The number of aryl methyl sites for hydroxylation is 2. The van der Waals surface area contributed by atoms with Crippen LogP contribution < -0.4 is 0 Å². The monoisotopic (exact) mass is 225 g/mol. The van der Waals surface area contributed by atoms with Gasteiger partial charge in [-0.15, -0.1) is 0 Å². The van der Waals surface area contributed by atoms with Gasteiger partial charge in [0.15, 0.2) is 0 Å². The molecule has 0 saturated heterocycles. The smallest absolute Gasteiger partial charge is 0.337 e. The minimum atomic E-state index is -4.26. The first kappa shape index (κ1) is 9.75. The lowest BCUT2D eigenvalue weighted by Crippen LogP contribution is -2.16. The first-order valence-electron chi connectivity index (χ1n) is 5.26. The summed E-state index contributed by atoms with van der Waals surface area (Å²) in [5.41, 5.74) is 1.27. The number of nitrogens with zero attached hydrogens (tertiary/aromatic N) is 1. The summed E-state index contributed by atoms with van der Waals surface area (Å²) in [7, 11) is 0. The van der Waals surface area contributed by atoms with Gasteiger partial charge in [-0.05, 0) is 24.5 Å². The van der Waals surface area contributed by atoms with Crippen molar-refractivity contribution in [1.82, 2.24) is 4.57 Å². The van der Waals surface area contributed by atoms with Crippen LogP contribution in [0.5, 0.6) is 0 Å². The molecule has 2 aromatic rings. The van der Waals surface area contributed by atoms with Crippen LogP contribution in [0.2, 0.25) is 0 Å². The first-order chi connectivity index (χ1) is 7.57. The molecule has 4 heteroatoms. The highest BCUT2D eigenvalue weighted by molar-refractivity contribution is 5.85. The van der Waals surface area contributed by atoms with Crippen LogP contribution in [0.4, 0.5) is 13.2 Å². The van der Waals surface area contributed by atoms with Crippen LogP contribution in [0.1, 0.15) is 17.7 Å². The molecule has 0 saturated carbocycles. The fourth-order valence-electron chi connectivity index (χ4n) is 2.50. The topological polar surface area (TPSA) is 4.93 Å². The number of para-hydroxylation sites is 1. The second-order valence-electron chi connectivity index (χ2n) is 4.14. The normalized spacial score (nSPS) is 15.7. The average Bonchev–Trinajstić information content (AvgIpc) is 2.60. The van der Waals surface area contributed by atoms with Gasteiger partial charge in [0.25, 0.3) is 0 Å². The van der Waals surface area contributed by atoms with Crippen molar-refractivity contribution in [2.45, 2.75) is 25.6 Å². The van der Waals surface area contributed by atoms with Gasteiger partial charge in [0.05, 0.1) is 5.52 Å². The van der Waals surface area contributed by atoms with E-state index in [0.717, 1.165) is 23.9 Å². The number of aromatic nitrogens is 1. The summed E-state index contributed by atoms with van der Waals surface area (Å²) in [6.45, 7) is 0.468. The van der Waals surface area contributed by atoms with Gasteiger partial charge in [-0.25, -0.2) is 0 Å². The zero-order valence-corrected chi connectivity index (χ0v) is 8.51. The van der Waals surface area contributed by atoms with Crippen LogP contribution in [0, 0.1) is 0 Å². The van der Waals surface area contributed by atoms with Crippen molar-refractivity contribution in [1.29, 1.82) is 0 Å². The Balaban J connectivity index is 2.38. The molecular formula is C12H10F3N. The number of halogens is 3. The highest BCUT2D eigenvalue weighted by Gasteiger charge is 2.36. The third-order valence-corrected chi connectivity index (χ3v) is 3.12. The SMILES string of the molecule is FC(F)(F)c1cc2cccc3c2n1CCC3. The minimum Gasteiger partial charge on any atom is -0.337 e. The predicted molar refractivity (Wildman–Crippen MR) is 55.3 cm³/mol. The van der Waals surface area contributed by atoms with Crippen LogP contribution in [-0.2, 0) is 19.1 Å². The molecule has 2 heterocycles. The lowest BCUT2D eigenvalue weighted by molar-refractivity contribution is -0.143. The summed E-state index contributed by atoms with van der Waals surface area (Å²) in [5.74, 6) is 0. The largest absolute Gasteiger partial charge is 0.431 e. The number of alkyl halides is 3.